The maximum Gasteiger partial charge on any atom is 0.220 e. The smallest absolute Gasteiger partial charge is 0.220 e. The third kappa shape index (κ3) is 3.22. The van der Waals surface area contributed by atoms with Gasteiger partial charge in [-0.05, 0) is 83.2 Å². The van der Waals surface area contributed by atoms with E-state index in [2.05, 4.69) is 152 Å². The molecule has 48 heavy (non-hydrogen) atoms. The van der Waals surface area contributed by atoms with Crippen molar-refractivity contribution in [3.63, 3.8) is 0 Å². The molecule has 0 unspecified atom stereocenters. The predicted molar refractivity (Wildman–Crippen MR) is 196 cm³/mol. The van der Waals surface area contributed by atoms with Crippen molar-refractivity contribution in [2.75, 3.05) is 0 Å². The minimum atomic E-state index is -2.26. The fraction of sp³-hybridized carbons (Fsp3) is 0.0500. The van der Waals surface area contributed by atoms with Crippen LogP contribution in [0.3, 0.4) is 0 Å². The van der Waals surface area contributed by atoms with Crippen molar-refractivity contribution in [3.05, 3.63) is 133 Å². The number of hydrogen-bond donors (Lipinski definition) is 0. The number of hydrogen-bond acceptors (Lipinski definition) is 3. The Morgan fingerprint density at radius 3 is 1.69 bits per heavy atom. The fourth-order valence-corrected chi connectivity index (χ4v) is 10.8. The summed E-state index contributed by atoms with van der Waals surface area (Å²) >= 11 is 0. The van der Waals surface area contributed by atoms with E-state index >= 15 is 0 Å². The van der Waals surface area contributed by atoms with Gasteiger partial charge >= 0.3 is 0 Å². The van der Waals surface area contributed by atoms with Crippen LogP contribution in [0.2, 0.25) is 13.1 Å². The summed E-state index contributed by atoms with van der Waals surface area (Å²) in [6.45, 7) is 4.86. The van der Waals surface area contributed by atoms with Crippen LogP contribution in [0.5, 0.6) is 11.5 Å². The van der Waals surface area contributed by atoms with Crippen molar-refractivity contribution in [1.82, 2.24) is 27.9 Å². The molecular weight excluding hydrogens is 609 g/mol. The van der Waals surface area contributed by atoms with Crippen LogP contribution in [0.15, 0.2) is 133 Å². The molecule has 0 N–H and O–H groups in total. The molecule has 11 rings (SSSR count). The van der Waals surface area contributed by atoms with Gasteiger partial charge in [-0.15, -0.1) is 0 Å². The summed E-state index contributed by atoms with van der Waals surface area (Å²) in [6, 6.07) is 47.0. The molecule has 10 aromatic rings. The summed E-state index contributed by atoms with van der Waals surface area (Å²) in [5.41, 5.74) is 10.7. The summed E-state index contributed by atoms with van der Waals surface area (Å²) in [7, 11) is -2.26. The number of benzene rings is 6. The van der Waals surface area contributed by atoms with Crippen LogP contribution in [0, 0.1) is 0 Å². The minimum Gasteiger partial charge on any atom is -0.455 e. The van der Waals surface area contributed by atoms with Crippen LogP contribution in [0.4, 0.5) is 0 Å². The van der Waals surface area contributed by atoms with E-state index in [-0.39, 0.29) is 0 Å². The summed E-state index contributed by atoms with van der Waals surface area (Å²) in [5, 5.41) is 2.54. The maximum atomic E-state index is 6.98. The largest absolute Gasteiger partial charge is 0.455 e. The van der Waals surface area contributed by atoms with Crippen molar-refractivity contribution in [1.29, 1.82) is 0 Å². The standard InChI is InChI=1S/C40H28N6OSi/c1-48(2)36-21-11-20-34(46-33-19-10-9-18-32(33)45-29-15-6-4-13-27(29)42-40(45)46)38(36)47-35-23-22-25(24-37(35)48)43-30-16-7-8-17-31(30)44-28-14-5-3-12-26(28)41-39(43)44/h3-24H,1-2H3. The zero-order valence-electron chi connectivity index (χ0n) is 26.3. The van der Waals surface area contributed by atoms with E-state index in [1.54, 1.807) is 0 Å². The molecule has 0 saturated heterocycles. The molecule has 7 nitrogen and oxygen atoms in total. The van der Waals surface area contributed by atoms with Gasteiger partial charge in [0.1, 0.15) is 13.8 Å². The van der Waals surface area contributed by atoms with Crippen molar-refractivity contribution in [3.8, 4) is 22.9 Å². The highest BCUT2D eigenvalue weighted by atomic mass is 28.3. The van der Waals surface area contributed by atoms with Crippen LogP contribution in [-0.2, 0) is 0 Å². The maximum absolute atomic E-state index is 6.98. The molecule has 228 valence electrons. The molecule has 0 amide bonds. The SMILES string of the molecule is C[Si]1(C)c2cc(-n3c4ccccc4n4c5ccccc5nc34)ccc2Oc2c(-n3c4ccccc4n4c5ccccc5nc34)cccc21. The monoisotopic (exact) mass is 636 g/mol. The Bertz CT molecular complexity index is 2970. The van der Waals surface area contributed by atoms with Crippen molar-refractivity contribution in [2.24, 2.45) is 0 Å². The lowest BCUT2D eigenvalue weighted by molar-refractivity contribution is 0.484. The molecular formula is C40H28N6OSi. The topological polar surface area (TPSA) is 53.7 Å². The molecule has 0 aliphatic carbocycles. The van der Waals surface area contributed by atoms with E-state index in [0.717, 1.165) is 78.6 Å². The first-order chi connectivity index (χ1) is 23.6. The Morgan fingerprint density at radius 2 is 1.04 bits per heavy atom. The number of para-hydroxylation sites is 9. The zero-order valence-corrected chi connectivity index (χ0v) is 27.3. The van der Waals surface area contributed by atoms with Crippen molar-refractivity contribution in [2.45, 2.75) is 13.1 Å². The van der Waals surface area contributed by atoms with Gasteiger partial charge in [-0.2, -0.15) is 0 Å². The highest BCUT2D eigenvalue weighted by Gasteiger charge is 2.38. The van der Waals surface area contributed by atoms with Crippen LogP contribution in [0.25, 0.3) is 67.1 Å². The summed E-state index contributed by atoms with van der Waals surface area (Å²) < 4.78 is 16.1. The summed E-state index contributed by atoms with van der Waals surface area (Å²) in [5.74, 6) is 3.62. The zero-order chi connectivity index (χ0) is 31.7. The lowest BCUT2D eigenvalue weighted by Gasteiger charge is -2.34. The van der Waals surface area contributed by atoms with Gasteiger partial charge in [-0.3, -0.25) is 17.9 Å². The van der Waals surface area contributed by atoms with Crippen LogP contribution in [0.1, 0.15) is 0 Å². The van der Waals surface area contributed by atoms with Crippen LogP contribution in [-0.4, -0.2) is 36.0 Å². The van der Waals surface area contributed by atoms with E-state index in [4.69, 9.17) is 14.7 Å². The quantitative estimate of drug-likeness (QED) is 0.180. The van der Waals surface area contributed by atoms with Crippen molar-refractivity contribution < 1.29 is 4.74 Å². The van der Waals surface area contributed by atoms with E-state index in [0.29, 0.717) is 0 Å². The lowest BCUT2D eigenvalue weighted by atomic mass is 10.2. The number of aromatic nitrogens is 6. The molecule has 0 bridgehead atoms. The van der Waals surface area contributed by atoms with Gasteiger partial charge in [0.2, 0.25) is 11.6 Å². The van der Waals surface area contributed by atoms with Gasteiger partial charge in [0.05, 0.1) is 49.8 Å². The minimum absolute atomic E-state index is 0.880. The van der Waals surface area contributed by atoms with E-state index in [9.17, 15) is 0 Å². The number of ether oxygens (including phenoxy) is 1. The molecule has 0 radical (unpaired) electrons. The van der Waals surface area contributed by atoms with Gasteiger partial charge in [0, 0.05) is 5.69 Å². The van der Waals surface area contributed by atoms with Gasteiger partial charge in [-0.1, -0.05) is 73.8 Å². The summed E-state index contributed by atoms with van der Waals surface area (Å²) in [6.07, 6.45) is 0. The Balaban J connectivity index is 1.13. The molecule has 1 aliphatic heterocycles. The molecule has 0 fully saturated rings. The second-order valence-electron chi connectivity index (χ2n) is 13.2. The van der Waals surface area contributed by atoms with Crippen molar-refractivity contribution >= 4 is 74.1 Å². The van der Waals surface area contributed by atoms with Crippen LogP contribution >= 0.6 is 0 Å². The first kappa shape index (κ1) is 26.0. The van der Waals surface area contributed by atoms with Gasteiger partial charge in [0.15, 0.2) is 5.75 Å². The number of fused-ring (bicyclic) bond motifs is 12. The molecule has 5 heterocycles. The molecule has 0 atom stereocenters. The van der Waals surface area contributed by atoms with E-state index < -0.39 is 8.07 Å². The number of rotatable bonds is 2. The second kappa shape index (κ2) is 9.02. The molecule has 8 heteroatoms. The molecule has 6 aromatic carbocycles. The summed E-state index contributed by atoms with van der Waals surface area (Å²) in [4.78, 5) is 10.2. The predicted octanol–water partition coefficient (Wildman–Crippen LogP) is 8.10. The van der Waals surface area contributed by atoms with E-state index in [1.807, 2.05) is 12.1 Å². The normalized spacial score (nSPS) is 14.0. The van der Waals surface area contributed by atoms with Gasteiger partial charge in [0.25, 0.3) is 0 Å². The fourth-order valence-electron chi connectivity index (χ4n) is 7.98. The first-order valence-electron chi connectivity index (χ1n) is 16.3. The molecule has 0 spiro atoms. The highest BCUT2D eigenvalue weighted by Crippen LogP contribution is 2.38. The van der Waals surface area contributed by atoms with E-state index in [1.165, 1.54) is 10.4 Å². The Kier molecular flexibility index (Phi) is 4.89. The second-order valence-corrected chi connectivity index (χ2v) is 17.5. The molecule has 1 aliphatic rings. The van der Waals surface area contributed by atoms with Gasteiger partial charge < -0.3 is 4.74 Å². The Labute approximate surface area is 275 Å². The first-order valence-corrected chi connectivity index (χ1v) is 19.3. The average molecular weight is 637 g/mol. The van der Waals surface area contributed by atoms with Gasteiger partial charge in [-0.25, -0.2) is 9.97 Å². The third-order valence-corrected chi connectivity index (χ3v) is 13.7. The Morgan fingerprint density at radius 1 is 0.500 bits per heavy atom. The number of nitrogens with zero attached hydrogens (tertiary/aromatic N) is 6. The third-order valence-electron chi connectivity index (χ3n) is 10.2. The highest BCUT2D eigenvalue weighted by molar-refractivity contribution is 7.01. The number of imidazole rings is 4. The van der Waals surface area contributed by atoms with Crippen LogP contribution < -0.4 is 15.1 Å². The lowest BCUT2D eigenvalue weighted by Crippen LogP contribution is -2.56. The molecule has 0 saturated carbocycles. The molecule has 4 aromatic heterocycles. The Hall–Kier alpha value is -6.12. The average Bonchev–Trinajstić information content (AvgIpc) is 3.84.